The summed E-state index contributed by atoms with van der Waals surface area (Å²) in [5.41, 5.74) is 3.42. The summed E-state index contributed by atoms with van der Waals surface area (Å²) < 4.78 is 3.09. The predicted molar refractivity (Wildman–Crippen MR) is 70.5 cm³/mol. The molecule has 0 aliphatic carbocycles. The van der Waals surface area contributed by atoms with Gasteiger partial charge in [-0.05, 0) is 32.4 Å². The zero-order chi connectivity index (χ0) is 11.7. The van der Waals surface area contributed by atoms with Crippen LogP contribution in [-0.4, -0.2) is 9.78 Å². The minimum absolute atomic E-state index is 0.398. The van der Waals surface area contributed by atoms with E-state index < -0.39 is 0 Å². The van der Waals surface area contributed by atoms with Crippen LogP contribution in [-0.2, 0) is 0 Å². The molecule has 0 aliphatic rings. The van der Waals surface area contributed by atoms with Gasteiger partial charge in [-0.2, -0.15) is 5.10 Å². The topological polar surface area (TPSA) is 17.8 Å². The van der Waals surface area contributed by atoms with Gasteiger partial charge in [0.15, 0.2) is 0 Å². The van der Waals surface area contributed by atoms with Gasteiger partial charge in [-0.15, -0.1) is 0 Å². The van der Waals surface area contributed by atoms with Gasteiger partial charge in [0.2, 0.25) is 0 Å². The molecule has 0 atom stereocenters. The molecule has 3 heteroatoms. The number of benzene rings is 1. The van der Waals surface area contributed by atoms with E-state index in [9.17, 15) is 0 Å². The molecule has 0 bridgehead atoms. The zero-order valence-corrected chi connectivity index (χ0v) is 11.3. The Hall–Kier alpha value is -1.09. The lowest BCUT2D eigenvalue weighted by Gasteiger charge is -2.04. The molecule has 0 unspecified atom stereocenters. The monoisotopic (exact) mass is 278 g/mol. The van der Waals surface area contributed by atoms with Crippen molar-refractivity contribution < 1.29 is 0 Å². The first-order chi connectivity index (χ1) is 7.59. The highest BCUT2D eigenvalue weighted by molar-refractivity contribution is 9.10. The van der Waals surface area contributed by atoms with Gasteiger partial charge in [-0.25, -0.2) is 0 Å². The number of rotatable bonds is 2. The molecule has 0 amide bonds. The zero-order valence-electron chi connectivity index (χ0n) is 9.74. The molecule has 2 aromatic rings. The molecule has 1 heterocycles. The number of aryl methyl sites for hydroxylation is 1. The number of hydrogen-bond acceptors (Lipinski definition) is 1. The second-order valence-electron chi connectivity index (χ2n) is 4.21. The van der Waals surface area contributed by atoms with Crippen LogP contribution in [0.2, 0.25) is 0 Å². The van der Waals surface area contributed by atoms with Crippen molar-refractivity contribution in [1.82, 2.24) is 9.78 Å². The van der Waals surface area contributed by atoms with Crippen LogP contribution in [0.25, 0.3) is 11.3 Å². The maximum atomic E-state index is 4.63. The van der Waals surface area contributed by atoms with E-state index in [1.165, 1.54) is 5.56 Å². The molecular formula is C13H15BrN2. The molecule has 0 saturated heterocycles. The number of hydrogen-bond donors (Lipinski definition) is 0. The molecule has 16 heavy (non-hydrogen) atoms. The van der Waals surface area contributed by atoms with Crippen molar-refractivity contribution in [1.29, 1.82) is 0 Å². The average molecular weight is 279 g/mol. The normalized spacial score (nSPS) is 11.1. The Bertz CT molecular complexity index is 500. The Morgan fingerprint density at radius 3 is 2.50 bits per heavy atom. The van der Waals surface area contributed by atoms with Crippen LogP contribution in [0, 0.1) is 6.92 Å². The summed E-state index contributed by atoms with van der Waals surface area (Å²) >= 11 is 3.56. The van der Waals surface area contributed by atoms with Crippen LogP contribution in [0.15, 0.2) is 34.9 Å². The number of aromatic nitrogens is 2. The average Bonchev–Trinajstić information content (AvgIpc) is 2.61. The van der Waals surface area contributed by atoms with E-state index in [2.05, 4.69) is 54.1 Å². The molecule has 0 saturated carbocycles. The molecule has 0 spiro atoms. The van der Waals surface area contributed by atoms with E-state index in [1.807, 2.05) is 22.9 Å². The minimum atomic E-state index is 0.398. The summed E-state index contributed by atoms with van der Waals surface area (Å²) in [5, 5.41) is 4.63. The van der Waals surface area contributed by atoms with Crippen molar-refractivity contribution in [3.63, 3.8) is 0 Å². The fourth-order valence-electron chi connectivity index (χ4n) is 1.67. The Balaban J connectivity index is 2.52. The lowest BCUT2D eigenvalue weighted by molar-refractivity contribution is 0.533. The first-order valence-corrected chi connectivity index (χ1v) is 6.19. The van der Waals surface area contributed by atoms with Gasteiger partial charge in [0.1, 0.15) is 0 Å². The fourth-order valence-corrected chi connectivity index (χ4v) is 2.14. The van der Waals surface area contributed by atoms with Gasteiger partial charge in [0.05, 0.1) is 5.69 Å². The summed E-state index contributed by atoms with van der Waals surface area (Å²) in [6.45, 7) is 6.37. The van der Waals surface area contributed by atoms with Crippen molar-refractivity contribution in [2.45, 2.75) is 26.8 Å². The van der Waals surface area contributed by atoms with E-state index in [-0.39, 0.29) is 0 Å². The van der Waals surface area contributed by atoms with Crippen LogP contribution in [0.5, 0.6) is 0 Å². The van der Waals surface area contributed by atoms with Gasteiger partial charge in [0.25, 0.3) is 0 Å². The van der Waals surface area contributed by atoms with Crippen LogP contribution in [0.4, 0.5) is 0 Å². The van der Waals surface area contributed by atoms with Crippen molar-refractivity contribution in [3.8, 4) is 11.3 Å². The molecule has 2 nitrogen and oxygen atoms in total. The lowest BCUT2D eigenvalue weighted by atomic mass is 10.1. The molecule has 0 fully saturated rings. The fraction of sp³-hybridized carbons (Fsp3) is 0.308. The highest BCUT2D eigenvalue weighted by Gasteiger charge is 2.11. The van der Waals surface area contributed by atoms with Crippen LogP contribution < -0.4 is 0 Å². The molecule has 0 N–H and O–H groups in total. The Morgan fingerprint density at radius 2 is 1.94 bits per heavy atom. The van der Waals surface area contributed by atoms with Gasteiger partial charge in [0, 0.05) is 22.3 Å². The van der Waals surface area contributed by atoms with Crippen molar-refractivity contribution in [2.24, 2.45) is 0 Å². The molecule has 2 rings (SSSR count). The number of halogens is 1. The molecule has 1 aromatic heterocycles. The first-order valence-electron chi connectivity index (χ1n) is 5.40. The summed E-state index contributed by atoms with van der Waals surface area (Å²) in [5.74, 6) is 0. The Labute approximate surface area is 104 Å². The third-order valence-corrected chi connectivity index (χ3v) is 3.26. The predicted octanol–water partition coefficient (Wildman–Crippen LogP) is 4.20. The van der Waals surface area contributed by atoms with Crippen LogP contribution >= 0.6 is 15.9 Å². The van der Waals surface area contributed by atoms with Crippen molar-refractivity contribution in [2.75, 3.05) is 0 Å². The Kier molecular flexibility index (Phi) is 3.15. The summed E-state index contributed by atoms with van der Waals surface area (Å²) in [6, 6.07) is 8.58. The van der Waals surface area contributed by atoms with E-state index in [0.29, 0.717) is 6.04 Å². The van der Waals surface area contributed by atoms with E-state index >= 15 is 0 Å². The number of nitrogens with zero attached hydrogens (tertiary/aromatic N) is 2. The quantitative estimate of drug-likeness (QED) is 0.805. The first kappa shape index (κ1) is 11.4. The molecule has 1 aromatic carbocycles. The molecule has 0 aliphatic heterocycles. The van der Waals surface area contributed by atoms with Crippen molar-refractivity contribution >= 4 is 15.9 Å². The Morgan fingerprint density at radius 1 is 1.25 bits per heavy atom. The van der Waals surface area contributed by atoms with Crippen molar-refractivity contribution in [3.05, 3.63) is 40.5 Å². The summed E-state index contributed by atoms with van der Waals surface area (Å²) in [6.07, 6.45) is 2.10. The maximum Gasteiger partial charge on any atom is 0.0963 e. The largest absolute Gasteiger partial charge is 0.269 e. The highest BCUT2D eigenvalue weighted by atomic mass is 79.9. The molecule has 84 valence electrons. The minimum Gasteiger partial charge on any atom is -0.269 e. The highest BCUT2D eigenvalue weighted by Crippen LogP contribution is 2.29. The smallest absolute Gasteiger partial charge is 0.0963 e. The van der Waals surface area contributed by atoms with Gasteiger partial charge in [-0.3, -0.25) is 4.68 Å². The van der Waals surface area contributed by atoms with E-state index in [4.69, 9.17) is 0 Å². The third-order valence-electron chi connectivity index (χ3n) is 2.57. The second-order valence-corrected chi connectivity index (χ2v) is 5.07. The lowest BCUT2D eigenvalue weighted by Crippen LogP contribution is -2.00. The molecule has 0 radical (unpaired) electrons. The van der Waals surface area contributed by atoms with Gasteiger partial charge < -0.3 is 0 Å². The maximum absolute atomic E-state index is 4.63. The van der Waals surface area contributed by atoms with E-state index in [0.717, 1.165) is 15.7 Å². The SMILES string of the molecule is Cc1cn(C(C)C)nc1-c1ccccc1Br. The summed E-state index contributed by atoms with van der Waals surface area (Å²) in [4.78, 5) is 0. The van der Waals surface area contributed by atoms with Crippen LogP contribution in [0.3, 0.4) is 0 Å². The summed E-state index contributed by atoms with van der Waals surface area (Å²) in [7, 11) is 0. The second kappa shape index (κ2) is 4.42. The van der Waals surface area contributed by atoms with E-state index in [1.54, 1.807) is 0 Å². The van der Waals surface area contributed by atoms with Crippen LogP contribution in [0.1, 0.15) is 25.5 Å². The van der Waals surface area contributed by atoms with Gasteiger partial charge in [-0.1, -0.05) is 34.1 Å². The third kappa shape index (κ3) is 2.05. The molecular weight excluding hydrogens is 264 g/mol. The van der Waals surface area contributed by atoms with Gasteiger partial charge >= 0.3 is 0 Å². The standard InChI is InChI=1S/C13H15BrN2/c1-9(2)16-8-10(3)13(15-16)11-6-4-5-7-12(11)14/h4-9H,1-3H3.